The molecule has 2 aliphatic rings. The van der Waals surface area contributed by atoms with Crippen molar-refractivity contribution in [1.29, 1.82) is 0 Å². The maximum Gasteiger partial charge on any atom is 0.0232 e. The van der Waals surface area contributed by atoms with E-state index < -0.39 is 0 Å². The van der Waals surface area contributed by atoms with Gasteiger partial charge in [-0.05, 0) is 28.2 Å². The summed E-state index contributed by atoms with van der Waals surface area (Å²) >= 11 is 1.91. The van der Waals surface area contributed by atoms with E-state index in [0.717, 1.165) is 0 Å². The molecule has 0 saturated carbocycles. The van der Waals surface area contributed by atoms with Crippen molar-refractivity contribution in [2.24, 2.45) is 0 Å². The van der Waals surface area contributed by atoms with Crippen molar-refractivity contribution in [2.45, 2.75) is 13.1 Å². The van der Waals surface area contributed by atoms with Gasteiger partial charge in [-0.3, -0.25) is 0 Å². The first-order valence-electron chi connectivity index (χ1n) is 4.15. The fraction of sp³-hybridized carbons (Fsp3) is 0.300. The molecule has 0 radical (unpaired) electrons. The molecule has 0 saturated heterocycles. The lowest BCUT2D eigenvalue weighted by Crippen LogP contribution is -1.92. The fourth-order valence-electron chi connectivity index (χ4n) is 1.47. The van der Waals surface area contributed by atoms with E-state index in [1.165, 1.54) is 22.5 Å². The van der Waals surface area contributed by atoms with Crippen molar-refractivity contribution < 1.29 is 0 Å². The second-order valence-electron chi connectivity index (χ2n) is 3.42. The van der Waals surface area contributed by atoms with Crippen LogP contribution < -0.4 is 0 Å². The van der Waals surface area contributed by atoms with Gasteiger partial charge in [0, 0.05) is 14.2 Å². The summed E-state index contributed by atoms with van der Waals surface area (Å²) in [4.78, 5) is 0. The summed E-state index contributed by atoms with van der Waals surface area (Å²) in [6.07, 6.45) is 4.65. The molecule has 0 atom stereocenters. The Hall–Kier alpha value is -0.343. The molecular formula is C10H12SSi. The van der Waals surface area contributed by atoms with Crippen LogP contribution in [0.1, 0.15) is 0 Å². The number of rotatable bonds is 1. The van der Waals surface area contributed by atoms with Crippen LogP contribution in [0.25, 0.3) is 0 Å². The molecule has 1 aliphatic carbocycles. The van der Waals surface area contributed by atoms with Crippen LogP contribution in [0.4, 0.5) is 0 Å². The van der Waals surface area contributed by atoms with Crippen molar-refractivity contribution >= 4 is 25.8 Å². The third-order valence-corrected chi connectivity index (χ3v) is 3.75. The molecule has 0 aromatic heterocycles. The molecular weight excluding hydrogens is 180 g/mol. The van der Waals surface area contributed by atoms with Crippen molar-refractivity contribution in [3.63, 3.8) is 0 Å². The average Bonchev–Trinajstić information content (AvgIpc) is 2.43. The molecule has 0 bridgehead atoms. The summed E-state index contributed by atoms with van der Waals surface area (Å²) in [7, 11) is -0.220. The molecule has 0 fully saturated rings. The lowest BCUT2D eigenvalue weighted by Gasteiger charge is -1.89. The molecule has 0 nitrogen and oxygen atoms in total. The molecule has 12 heavy (non-hydrogen) atoms. The van der Waals surface area contributed by atoms with Crippen LogP contribution in [0.2, 0.25) is 13.1 Å². The summed E-state index contributed by atoms with van der Waals surface area (Å²) < 4.78 is 0. The van der Waals surface area contributed by atoms with Crippen molar-refractivity contribution in [3.8, 4) is 0 Å². The molecule has 0 N–H and O–H groups in total. The molecule has 1 heterocycles. The van der Waals surface area contributed by atoms with E-state index in [-0.39, 0.29) is 8.41 Å². The SMILES string of the molecule is C[Si](C)=CC1=CC2=CSCC2=C1. The van der Waals surface area contributed by atoms with E-state index in [1.54, 1.807) is 0 Å². The van der Waals surface area contributed by atoms with Crippen LogP contribution in [0.15, 0.2) is 34.3 Å². The van der Waals surface area contributed by atoms with Gasteiger partial charge < -0.3 is 0 Å². The summed E-state index contributed by atoms with van der Waals surface area (Å²) in [5, 5.41) is 2.27. The molecule has 0 aromatic rings. The van der Waals surface area contributed by atoms with E-state index in [1.807, 2.05) is 11.8 Å². The summed E-state index contributed by atoms with van der Waals surface area (Å²) in [5.74, 6) is 1.18. The first kappa shape index (κ1) is 8.26. The second kappa shape index (κ2) is 3.19. The molecule has 2 rings (SSSR count). The zero-order valence-corrected chi connectivity index (χ0v) is 9.24. The van der Waals surface area contributed by atoms with Crippen LogP contribution in [0, 0.1) is 0 Å². The zero-order valence-electron chi connectivity index (χ0n) is 7.42. The Balaban J connectivity index is 2.28. The van der Waals surface area contributed by atoms with Gasteiger partial charge in [0.25, 0.3) is 0 Å². The predicted octanol–water partition coefficient (Wildman–Crippen LogP) is 2.62. The van der Waals surface area contributed by atoms with E-state index in [2.05, 4.69) is 36.3 Å². The van der Waals surface area contributed by atoms with Gasteiger partial charge in [-0.25, -0.2) is 0 Å². The van der Waals surface area contributed by atoms with Gasteiger partial charge in [0.05, 0.1) is 0 Å². The lowest BCUT2D eigenvalue weighted by molar-refractivity contribution is 1.54. The predicted molar refractivity (Wildman–Crippen MR) is 60.3 cm³/mol. The Morgan fingerprint density at radius 1 is 1.42 bits per heavy atom. The number of allylic oxidation sites excluding steroid dienone is 4. The molecule has 0 aromatic carbocycles. The van der Waals surface area contributed by atoms with Gasteiger partial charge in [-0.1, -0.05) is 24.8 Å². The van der Waals surface area contributed by atoms with Crippen molar-refractivity contribution in [1.82, 2.24) is 0 Å². The molecule has 2 heteroatoms. The molecule has 0 amide bonds. The van der Waals surface area contributed by atoms with Gasteiger partial charge in [-0.15, -0.1) is 11.8 Å². The van der Waals surface area contributed by atoms with Gasteiger partial charge in [-0.2, -0.15) is 0 Å². The van der Waals surface area contributed by atoms with Crippen LogP contribution in [0.5, 0.6) is 0 Å². The fourth-order valence-corrected chi connectivity index (χ4v) is 3.22. The van der Waals surface area contributed by atoms with E-state index in [9.17, 15) is 0 Å². The Labute approximate surface area is 79.3 Å². The molecule has 62 valence electrons. The minimum absolute atomic E-state index is 0.220. The molecule has 0 spiro atoms. The summed E-state index contributed by atoms with van der Waals surface area (Å²) in [6.45, 7) is 4.64. The smallest absolute Gasteiger partial charge is 0.0232 e. The van der Waals surface area contributed by atoms with Crippen LogP contribution in [-0.4, -0.2) is 19.8 Å². The van der Waals surface area contributed by atoms with Gasteiger partial charge in [0.1, 0.15) is 0 Å². The number of thioether (sulfide) groups is 1. The lowest BCUT2D eigenvalue weighted by atomic mass is 10.2. The Bertz CT molecular complexity index is 328. The van der Waals surface area contributed by atoms with E-state index in [4.69, 9.17) is 0 Å². The van der Waals surface area contributed by atoms with E-state index in [0.29, 0.717) is 0 Å². The van der Waals surface area contributed by atoms with Crippen LogP contribution >= 0.6 is 11.8 Å². The Kier molecular flexibility index (Phi) is 2.20. The van der Waals surface area contributed by atoms with Crippen molar-refractivity contribution in [2.75, 3.05) is 5.75 Å². The normalized spacial score (nSPS) is 19.7. The highest BCUT2D eigenvalue weighted by molar-refractivity contribution is 8.02. The third-order valence-electron chi connectivity index (χ3n) is 1.94. The van der Waals surface area contributed by atoms with Gasteiger partial charge in [0.2, 0.25) is 0 Å². The minimum Gasteiger partial charge on any atom is -0.129 e. The highest BCUT2D eigenvalue weighted by atomic mass is 32.2. The molecule has 0 unspecified atom stereocenters. The van der Waals surface area contributed by atoms with Crippen LogP contribution in [-0.2, 0) is 0 Å². The minimum atomic E-state index is -0.220. The van der Waals surface area contributed by atoms with Gasteiger partial charge in [0.15, 0.2) is 0 Å². The summed E-state index contributed by atoms with van der Waals surface area (Å²) in [5.41, 5.74) is 6.83. The highest BCUT2D eigenvalue weighted by Crippen LogP contribution is 2.33. The zero-order chi connectivity index (χ0) is 8.55. The largest absolute Gasteiger partial charge is 0.129 e. The maximum atomic E-state index is 2.42. The molecule has 1 aliphatic heterocycles. The van der Waals surface area contributed by atoms with E-state index >= 15 is 0 Å². The van der Waals surface area contributed by atoms with Crippen LogP contribution in [0.3, 0.4) is 0 Å². The summed E-state index contributed by atoms with van der Waals surface area (Å²) in [6, 6.07) is 0. The van der Waals surface area contributed by atoms with Gasteiger partial charge >= 0.3 is 0 Å². The maximum absolute atomic E-state index is 2.42. The topological polar surface area (TPSA) is 0 Å². The Morgan fingerprint density at radius 3 is 2.92 bits per heavy atom. The standard InChI is InChI=1S/C10H12SSi/c1-12(2)7-8-3-9-5-11-6-10(9)4-8/h3-5,7H,6H2,1-2H3. The third kappa shape index (κ3) is 1.54. The highest BCUT2D eigenvalue weighted by Gasteiger charge is 2.14. The monoisotopic (exact) mass is 192 g/mol. The Morgan fingerprint density at radius 2 is 2.25 bits per heavy atom. The first-order valence-corrected chi connectivity index (χ1v) is 7.77. The number of hydrogen-bond donors (Lipinski definition) is 0. The van der Waals surface area contributed by atoms with Crippen molar-refractivity contribution in [3.05, 3.63) is 34.3 Å². The quantitative estimate of drug-likeness (QED) is 0.576. The number of fused-ring (bicyclic) bond motifs is 1. The number of hydrogen-bond acceptors (Lipinski definition) is 1. The second-order valence-corrected chi connectivity index (χ2v) is 6.72. The average molecular weight is 192 g/mol. The first-order chi connectivity index (χ1) is 5.75.